The summed E-state index contributed by atoms with van der Waals surface area (Å²) in [5.41, 5.74) is 0. The van der Waals surface area contributed by atoms with Gasteiger partial charge in [0.2, 0.25) is 5.95 Å². The van der Waals surface area contributed by atoms with Crippen molar-refractivity contribution < 1.29 is 4.39 Å². The lowest BCUT2D eigenvalue weighted by Gasteiger charge is -2.18. The van der Waals surface area contributed by atoms with Gasteiger partial charge in [0.25, 0.3) is 0 Å². The Kier molecular flexibility index (Phi) is 6.04. The number of hydrogen-bond acceptors (Lipinski definition) is 5. The van der Waals surface area contributed by atoms with E-state index in [4.69, 9.17) is 0 Å². The standard InChI is InChI=1S/C11H19FN4S/c1-4-5-13-11-14-8-9(12)10(15-11)16(2)6-7-17-3/h8H,4-7H2,1-3H3,(H,13,14,15). The first-order chi connectivity index (χ1) is 8.19. The van der Waals surface area contributed by atoms with Gasteiger partial charge in [-0.3, -0.25) is 0 Å². The number of thioether (sulfide) groups is 1. The first-order valence-corrected chi connectivity index (χ1v) is 7.05. The normalized spacial score (nSPS) is 10.4. The summed E-state index contributed by atoms with van der Waals surface area (Å²) in [7, 11) is 1.84. The average molecular weight is 258 g/mol. The van der Waals surface area contributed by atoms with Crippen LogP contribution < -0.4 is 10.2 Å². The molecule has 17 heavy (non-hydrogen) atoms. The van der Waals surface area contributed by atoms with Gasteiger partial charge in [0, 0.05) is 25.9 Å². The topological polar surface area (TPSA) is 41.1 Å². The van der Waals surface area contributed by atoms with E-state index in [9.17, 15) is 4.39 Å². The first-order valence-electron chi connectivity index (χ1n) is 5.65. The molecule has 1 aromatic rings. The van der Waals surface area contributed by atoms with Crippen molar-refractivity contribution in [1.82, 2.24) is 9.97 Å². The SMILES string of the molecule is CCCNc1ncc(F)c(N(C)CCSC)n1. The molecule has 0 aromatic carbocycles. The summed E-state index contributed by atoms with van der Waals surface area (Å²) < 4.78 is 13.6. The molecule has 0 atom stereocenters. The fraction of sp³-hybridized carbons (Fsp3) is 0.636. The molecule has 6 heteroatoms. The summed E-state index contributed by atoms with van der Waals surface area (Å²) >= 11 is 1.73. The van der Waals surface area contributed by atoms with Gasteiger partial charge in [-0.15, -0.1) is 0 Å². The summed E-state index contributed by atoms with van der Waals surface area (Å²) in [5, 5.41) is 3.05. The van der Waals surface area contributed by atoms with Crippen LogP contribution in [0.3, 0.4) is 0 Å². The van der Waals surface area contributed by atoms with Crippen molar-refractivity contribution in [1.29, 1.82) is 0 Å². The first kappa shape index (κ1) is 14.0. The molecule has 0 aliphatic heterocycles. The Morgan fingerprint density at radius 1 is 1.53 bits per heavy atom. The van der Waals surface area contributed by atoms with Crippen LogP contribution in [0.25, 0.3) is 0 Å². The number of anilines is 2. The third-order valence-corrected chi connectivity index (χ3v) is 2.84. The minimum absolute atomic E-state index is 0.354. The second-order valence-electron chi connectivity index (χ2n) is 3.71. The predicted octanol–water partition coefficient (Wildman–Crippen LogP) is 2.24. The third kappa shape index (κ3) is 4.38. The molecule has 1 rings (SSSR count). The molecular formula is C11H19FN4S. The minimum atomic E-state index is -0.379. The zero-order valence-corrected chi connectivity index (χ0v) is 11.4. The fourth-order valence-corrected chi connectivity index (χ4v) is 1.74. The monoisotopic (exact) mass is 258 g/mol. The van der Waals surface area contributed by atoms with Crippen LogP contribution >= 0.6 is 11.8 Å². The minimum Gasteiger partial charge on any atom is -0.356 e. The van der Waals surface area contributed by atoms with Crippen LogP contribution in [-0.4, -0.2) is 42.1 Å². The molecule has 0 saturated heterocycles. The predicted molar refractivity (Wildman–Crippen MR) is 72.4 cm³/mol. The molecule has 0 radical (unpaired) electrons. The van der Waals surface area contributed by atoms with Crippen LogP contribution in [0.5, 0.6) is 0 Å². The number of rotatable bonds is 7. The molecule has 0 aliphatic carbocycles. The highest BCUT2D eigenvalue weighted by Gasteiger charge is 2.10. The van der Waals surface area contributed by atoms with Crippen molar-refractivity contribution in [2.75, 3.05) is 42.4 Å². The summed E-state index contributed by atoms with van der Waals surface area (Å²) in [4.78, 5) is 9.90. The van der Waals surface area contributed by atoms with E-state index in [1.807, 2.05) is 18.2 Å². The lowest BCUT2D eigenvalue weighted by atomic mass is 10.4. The fourth-order valence-electron chi connectivity index (χ4n) is 1.28. The average Bonchev–Trinajstić information content (AvgIpc) is 2.35. The second kappa shape index (κ2) is 7.32. The van der Waals surface area contributed by atoms with E-state index in [0.29, 0.717) is 11.8 Å². The van der Waals surface area contributed by atoms with Gasteiger partial charge < -0.3 is 10.2 Å². The van der Waals surface area contributed by atoms with Crippen LogP contribution in [-0.2, 0) is 0 Å². The van der Waals surface area contributed by atoms with Crippen LogP contribution in [0.15, 0.2) is 6.20 Å². The zero-order chi connectivity index (χ0) is 12.7. The maximum absolute atomic E-state index is 13.6. The Balaban J connectivity index is 2.74. The van der Waals surface area contributed by atoms with Crippen molar-refractivity contribution in [2.45, 2.75) is 13.3 Å². The van der Waals surface area contributed by atoms with Crippen LogP contribution in [0, 0.1) is 5.82 Å². The Morgan fingerprint density at radius 2 is 2.29 bits per heavy atom. The smallest absolute Gasteiger partial charge is 0.224 e. The van der Waals surface area contributed by atoms with Crippen molar-refractivity contribution in [3.05, 3.63) is 12.0 Å². The molecule has 0 amide bonds. The largest absolute Gasteiger partial charge is 0.356 e. The Bertz CT molecular complexity index is 348. The summed E-state index contributed by atoms with van der Waals surface area (Å²) in [5.74, 6) is 1.40. The molecular weight excluding hydrogens is 239 g/mol. The summed E-state index contributed by atoms with van der Waals surface area (Å²) in [6.45, 7) is 3.62. The Labute approximate surface area is 106 Å². The Hall–Kier alpha value is -1.04. The van der Waals surface area contributed by atoms with Crippen LogP contribution in [0.1, 0.15) is 13.3 Å². The molecule has 0 aliphatic rings. The van der Waals surface area contributed by atoms with Gasteiger partial charge in [-0.05, 0) is 12.7 Å². The van der Waals surface area contributed by atoms with Gasteiger partial charge >= 0.3 is 0 Å². The maximum Gasteiger partial charge on any atom is 0.224 e. The van der Waals surface area contributed by atoms with E-state index in [1.54, 1.807) is 11.8 Å². The lowest BCUT2D eigenvalue weighted by Crippen LogP contribution is -2.23. The van der Waals surface area contributed by atoms with Crippen LogP contribution in [0.4, 0.5) is 16.2 Å². The van der Waals surface area contributed by atoms with Gasteiger partial charge in [-0.25, -0.2) is 9.37 Å². The van der Waals surface area contributed by atoms with E-state index in [0.717, 1.165) is 25.3 Å². The molecule has 0 bridgehead atoms. The van der Waals surface area contributed by atoms with Gasteiger partial charge in [0.05, 0.1) is 6.20 Å². The molecule has 0 fully saturated rings. The Morgan fingerprint density at radius 3 is 2.94 bits per heavy atom. The van der Waals surface area contributed by atoms with Gasteiger partial charge in [-0.2, -0.15) is 16.7 Å². The zero-order valence-electron chi connectivity index (χ0n) is 10.5. The van der Waals surface area contributed by atoms with E-state index < -0.39 is 0 Å². The molecule has 96 valence electrons. The van der Waals surface area contributed by atoms with Gasteiger partial charge in [-0.1, -0.05) is 6.92 Å². The number of nitrogens with one attached hydrogen (secondary N) is 1. The maximum atomic E-state index is 13.6. The quantitative estimate of drug-likeness (QED) is 0.812. The molecule has 0 spiro atoms. The van der Waals surface area contributed by atoms with E-state index in [2.05, 4.69) is 22.2 Å². The molecule has 1 N–H and O–H groups in total. The number of halogens is 1. The summed E-state index contributed by atoms with van der Waals surface area (Å²) in [6, 6.07) is 0. The van der Waals surface area contributed by atoms with E-state index in [-0.39, 0.29) is 5.82 Å². The highest BCUT2D eigenvalue weighted by Crippen LogP contribution is 2.16. The second-order valence-corrected chi connectivity index (χ2v) is 4.69. The molecule has 1 aromatic heterocycles. The van der Waals surface area contributed by atoms with Gasteiger partial charge in [0.15, 0.2) is 11.6 Å². The number of nitrogens with zero attached hydrogens (tertiary/aromatic N) is 3. The number of aromatic nitrogens is 2. The highest BCUT2D eigenvalue weighted by atomic mass is 32.2. The van der Waals surface area contributed by atoms with Crippen molar-refractivity contribution in [3.8, 4) is 0 Å². The summed E-state index contributed by atoms with van der Waals surface area (Å²) in [6.07, 6.45) is 4.23. The van der Waals surface area contributed by atoms with E-state index in [1.165, 1.54) is 6.20 Å². The number of hydrogen-bond donors (Lipinski definition) is 1. The molecule has 0 saturated carbocycles. The highest BCUT2D eigenvalue weighted by molar-refractivity contribution is 7.98. The van der Waals surface area contributed by atoms with Crippen molar-refractivity contribution in [3.63, 3.8) is 0 Å². The molecule has 1 heterocycles. The van der Waals surface area contributed by atoms with Crippen LogP contribution in [0.2, 0.25) is 0 Å². The lowest BCUT2D eigenvalue weighted by molar-refractivity contribution is 0.609. The van der Waals surface area contributed by atoms with E-state index >= 15 is 0 Å². The molecule has 4 nitrogen and oxygen atoms in total. The van der Waals surface area contributed by atoms with Crippen molar-refractivity contribution >= 4 is 23.5 Å². The van der Waals surface area contributed by atoms with Gasteiger partial charge in [0.1, 0.15) is 0 Å². The molecule has 0 unspecified atom stereocenters. The van der Waals surface area contributed by atoms with Crippen molar-refractivity contribution in [2.24, 2.45) is 0 Å². The third-order valence-electron chi connectivity index (χ3n) is 2.25.